The SMILES string of the molecule is COc1ccc2c(c1)[nH]c(=S)n2-c1cccc(C)c1C#N. The van der Waals surface area contributed by atoms with Crippen molar-refractivity contribution in [3.8, 4) is 17.5 Å². The highest BCUT2D eigenvalue weighted by Crippen LogP contribution is 2.26. The second kappa shape index (κ2) is 5.08. The maximum atomic E-state index is 9.42. The van der Waals surface area contributed by atoms with Crippen molar-refractivity contribution in [2.45, 2.75) is 6.92 Å². The highest BCUT2D eigenvalue weighted by Gasteiger charge is 2.12. The molecule has 104 valence electrons. The summed E-state index contributed by atoms with van der Waals surface area (Å²) in [5.74, 6) is 0.760. The summed E-state index contributed by atoms with van der Waals surface area (Å²) >= 11 is 5.42. The summed E-state index contributed by atoms with van der Waals surface area (Å²) in [4.78, 5) is 3.16. The Morgan fingerprint density at radius 1 is 1.29 bits per heavy atom. The minimum atomic E-state index is 0.556. The Hall–Kier alpha value is -2.58. The van der Waals surface area contributed by atoms with Crippen molar-refractivity contribution < 1.29 is 4.74 Å². The first kappa shape index (κ1) is 13.4. The van der Waals surface area contributed by atoms with Gasteiger partial charge in [0.15, 0.2) is 4.77 Å². The van der Waals surface area contributed by atoms with Gasteiger partial charge in [0.25, 0.3) is 0 Å². The number of methoxy groups -OCH3 is 1. The van der Waals surface area contributed by atoms with Crippen LogP contribution in [0.25, 0.3) is 16.7 Å². The molecule has 3 aromatic rings. The third-order valence-electron chi connectivity index (χ3n) is 3.49. The van der Waals surface area contributed by atoms with E-state index >= 15 is 0 Å². The number of H-pyrrole nitrogens is 1. The lowest BCUT2D eigenvalue weighted by atomic mass is 10.1. The van der Waals surface area contributed by atoms with E-state index in [0.29, 0.717) is 10.3 Å². The van der Waals surface area contributed by atoms with Crippen LogP contribution in [0, 0.1) is 23.0 Å². The Bertz CT molecular complexity index is 931. The van der Waals surface area contributed by atoms with E-state index in [1.807, 2.05) is 47.9 Å². The van der Waals surface area contributed by atoms with Crippen LogP contribution in [-0.4, -0.2) is 16.7 Å². The molecule has 5 heteroatoms. The van der Waals surface area contributed by atoms with E-state index in [-0.39, 0.29) is 0 Å². The third kappa shape index (κ3) is 2.10. The van der Waals surface area contributed by atoms with Gasteiger partial charge < -0.3 is 9.72 Å². The highest BCUT2D eigenvalue weighted by molar-refractivity contribution is 7.71. The number of fused-ring (bicyclic) bond motifs is 1. The number of nitrogens with one attached hydrogen (secondary N) is 1. The molecule has 0 aliphatic rings. The summed E-state index contributed by atoms with van der Waals surface area (Å²) in [6.45, 7) is 1.92. The van der Waals surface area contributed by atoms with Gasteiger partial charge in [0, 0.05) is 6.07 Å². The monoisotopic (exact) mass is 295 g/mol. The molecular weight excluding hydrogens is 282 g/mol. The van der Waals surface area contributed by atoms with E-state index in [2.05, 4.69) is 11.1 Å². The Kier molecular flexibility index (Phi) is 3.24. The Labute approximate surface area is 127 Å². The zero-order valence-corrected chi connectivity index (χ0v) is 12.5. The summed E-state index contributed by atoms with van der Waals surface area (Å²) < 4.78 is 7.67. The number of nitrogens with zero attached hydrogens (tertiary/aromatic N) is 2. The number of hydrogen-bond donors (Lipinski definition) is 1. The van der Waals surface area contributed by atoms with Gasteiger partial charge in [-0.1, -0.05) is 12.1 Å². The molecule has 21 heavy (non-hydrogen) atoms. The first-order valence-electron chi connectivity index (χ1n) is 6.44. The number of imidazole rings is 1. The molecule has 2 aromatic carbocycles. The average molecular weight is 295 g/mol. The minimum Gasteiger partial charge on any atom is -0.497 e. The molecule has 1 heterocycles. The van der Waals surface area contributed by atoms with Crippen LogP contribution >= 0.6 is 12.2 Å². The first-order chi connectivity index (χ1) is 10.2. The van der Waals surface area contributed by atoms with Crippen LogP contribution in [0.2, 0.25) is 0 Å². The van der Waals surface area contributed by atoms with Gasteiger partial charge in [0.2, 0.25) is 0 Å². The number of aryl methyl sites for hydroxylation is 1. The highest BCUT2D eigenvalue weighted by atomic mass is 32.1. The second-order valence-corrected chi connectivity index (χ2v) is 5.12. The number of benzene rings is 2. The molecule has 0 radical (unpaired) electrons. The van der Waals surface area contributed by atoms with Crippen molar-refractivity contribution in [3.63, 3.8) is 0 Å². The van der Waals surface area contributed by atoms with E-state index < -0.39 is 0 Å². The molecule has 0 amide bonds. The van der Waals surface area contributed by atoms with Crippen LogP contribution in [0.15, 0.2) is 36.4 Å². The molecule has 0 atom stereocenters. The molecule has 1 aromatic heterocycles. The second-order valence-electron chi connectivity index (χ2n) is 4.73. The summed E-state index contributed by atoms with van der Waals surface area (Å²) in [5.41, 5.74) is 4.15. The Morgan fingerprint density at radius 3 is 2.81 bits per heavy atom. The largest absolute Gasteiger partial charge is 0.497 e. The Morgan fingerprint density at radius 2 is 2.10 bits per heavy atom. The lowest BCUT2D eigenvalue weighted by Gasteiger charge is -2.09. The number of hydrogen-bond acceptors (Lipinski definition) is 3. The van der Waals surface area contributed by atoms with Crippen molar-refractivity contribution >= 4 is 23.3 Å². The van der Waals surface area contributed by atoms with Crippen LogP contribution in [-0.2, 0) is 0 Å². The van der Waals surface area contributed by atoms with Crippen LogP contribution < -0.4 is 4.74 Å². The predicted octanol–water partition coefficient (Wildman–Crippen LogP) is 3.88. The van der Waals surface area contributed by atoms with E-state index in [1.165, 1.54) is 0 Å². The lowest BCUT2D eigenvalue weighted by Crippen LogP contribution is -1.99. The van der Waals surface area contributed by atoms with E-state index in [4.69, 9.17) is 17.0 Å². The van der Waals surface area contributed by atoms with E-state index in [1.54, 1.807) is 7.11 Å². The molecule has 1 N–H and O–H groups in total. The van der Waals surface area contributed by atoms with Crippen LogP contribution in [0.5, 0.6) is 5.75 Å². The fraction of sp³-hybridized carbons (Fsp3) is 0.125. The molecule has 0 aliphatic carbocycles. The van der Waals surface area contributed by atoms with Gasteiger partial charge in [-0.3, -0.25) is 4.57 Å². The van der Waals surface area contributed by atoms with Gasteiger partial charge >= 0.3 is 0 Å². The van der Waals surface area contributed by atoms with Crippen molar-refractivity contribution in [1.82, 2.24) is 9.55 Å². The minimum absolute atomic E-state index is 0.556. The maximum Gasteiger partial charge on any atom is 0.182 e. The van der Waals surface area contributed by atoms with Crippen molar-refractivity contribution in [2.75, 3.05) is 7.11 Å². The number of rotatable bonds is 2. The number of aromatic nitrogens is 2. The van der Waals surface area contributed by atoms with Gasteiger partial charge in [0.1, 0.15) is 11.8 Å². The lowest BCUT2D eigenvalue weighted by molar-refractivity contribution is 0.415. The van der Waals surface area contributed by atoms with Crippen LogP contribution in [0.4, 0.5) is 0 Å². The third-order valence-corrected chi connectivity index (χ3v) is 3.78. The predicted molar refractivity (Wildman–Crippen MR) is 84.5 cm³/mol. The molecule has 0 spiro atoms. The number of nitriles is 1. The van der Waals surface area contributed by atoms with E-state index in [9.17, 15) is 5.26 Å². The van der Waals surface area contributed by atoms with Gasteiger partial charge in [-0.2, -0.15) is 5.26 Å². The molecule has 4 nitrogen and oxygen atoms in total. The normalized spacial score (nSPS) is 10.5. The summed E-state index contributed by atoms with van der Waals surface area (Å²) in [6.07, 6.45) is 0. The van der Waals surface area contributed by atoms with Gasteiger partial charge in [-0.25, -0.2) is 0 Å². The zero-order valence-electron chi connectivity index (χ0n) is 11.7. The number of aromatic amines is 1. The van der Waals surface area contributed by atoms with Gasteiger partial charge in [-0.15, -0.1) is 0 Å². The van der Waals surface area contributed by atoms with Crippen LogP contribution in [0.3, 0.4) is 0 Å². The zero-order chi connectivity index (χ0) is 15.0. The topological polar surface area (TPSA) is 53.7 Å². The molecule has 0 saturated carbocycles. The van der Waals surface area contributed by atoms with Crippen molar-refractivity contribution in [2.24, 2.45) is 0 Å². The first-order valence-corrected chi connectivity index (χ1v) is 6.85. The molecule has 0 saturated heterocycles. The summed E-state index contributed by atoms with van der Waals surface area (Å²) in [6, 6.07) is 13.7. The fourth-order valence-electron chi connectivity index (χ4n) is 2.44. The molecule has 3 rings (SSSR count). The fourth-order valence-corrected chi connectivity index (χ4v) is 2.75. The molecular formula is C16H13N3OS. The standard InChI is InChI=1S/C16H13N3OS/c1-10-4-3-5-14(12(10)9-17)19-15-7-6-11(20-2)8-13(15)18-16(19)21/h3-8H,1-2H3,(H,18,21). The number of ether oxygens (including phenoxy) is 1. The smallest absolute Gasteiger partial charge is 0.182 e. The molecule has 0 aliphatic heterocycles. The molecule has 0 unspecified atom stereocenters. The maximum absolute atomic E-state index is 9.42. The van der Waals surface area contributed by atoms with Crippen molar-refractivity contribution in [3.05, 3.63) is 52.3 Å². The average Bonchev–Trinajstić information content (AvgIpc) is 2.81. The molecule has 0 fully saturated rings. The van der Waals surface area contributed by atoms with Gasteiger partial charge in [0.05, 0.1) is 29.4 Å². The van der Waals surface area contributed by atoms with Crippen molar-refractivity contribution in [1.29, 1.82) is 5.26 Å². The Balaban J connectivity index is 2.37. The summed E-state index contributed by atoms with van der Waals surface area (Å²) in [5, 5.41) is 9.42. The molecule has 0 bridgehead atoms. The van der Waals surface area contributed by atoms with E-state index in [0.717, 1.165) is 28.0 Å². The summed E-state index contributed by atoms with van der Waals surface area (Å²) in [7, 11) is 1.63. The quantitative estimate of drug-likeness (QED) is 0.730. The van der Waals surface area contributed by atoms with Gasteiger partial charge in [-0.05, 0) is 42.9 Å². The van der Waals surface area contributed by atoms with Crippen LogP contribution in [0.1, 0.15) is 11.1 Å².